The summed E-state index contributed by atoms with van der Waals surface area (Å²) < 4.78 is 28.1. The Kier molecular flexibility index (Phi) is 6.89. The largest absolute Gasteiger partial charge is 0.497 e. The molecule has 1 amide bonds. The van der Waals surface area contributed by atoms with E-state index in [1.165, 1.54) is 6.07 Å². The summed E-state index contributed by atoms with van der Waals surface area (Å²) in [6.07, 6.45) is 1.75. The Labute approximate surface area is 259 Å². The number of halogens is 1. The van der Waals surface area contributed by atoms with Gasteiger partial charge in [-0.15, -0.1) is 0 Å². The molecule has 7 rings (SSSR count). The maximum absolute atomic E-state index is 15.4. The van der Waals surface area contributed by atoms with Crippen LogP contribution in [-0.2, 0) is 26.2 Å². The summed E-state index contributed by atoms with van der Waals surface area (Å²) in [5.74, 6) is -0.388. The van der Waals surface area contributed by atoms with E-state index in [0.717, 1.165) is 22.3 Å². The van der Waals surface area contributed by atoms with Gasteiger partial charge >= 0.3 is 7.12 Å². The lowest BCUT2D eigenvalue weighted by atomic mass is 9.71. The third kappa shape index (κ3) is 4.53. The van der Waals surface area contributed by atoms with E-state index in [-0.39, 0.29) is 24.3 Å². The Morgan fingerprint density at radius 2 is 1.27 bits per heavy atom. The second kappa shape index (κ2) is 10.5. The third-order valence-corrected chi connectivity index (χ3v) is 9.72. The summed E-state index contributed by atoms with van der Waals surface area (Å²) in [5, 5.41) is 0. The van der Waals surface area contributed by atoms with Crippen LogP contribution in [0.5, 0.6) is 0 Å². The zero-order valence-electron chi connectivity index (χ0n) is 25.5. The number of fused-ring (bicyclic) bond motifs is 1. The van der Waals surface area contributed by atoms with Gasteiger partial charge in [0.15, 0.2) is 0 Å². The highest BCUT2D eigenvalue weighted by Crippen LogP contribution is 2.49. The maximum Gasteiger partial charge on any atom is 0.497 e. The number of carbonyl (C=O) groups is 1. The molecule has 0 radical (unpaired) electrons. The highest BCUT2D eigenvalue weighted by Gasteiger charge is 2.58. The monoisotopic (exact) mass is 586 g/mol. The van der Waals surface area contributed by atoms with Crippen molar-refractivity contribution >= 4 is 18.5 Å². The van der Waals surface area contributed by atoms with Gasteiger partial charge in [-0.3, -0.25) is 9.69 Å². The Balaban J connectivity index is 1.30. The van der Waals surface area contributed by atoms with Crippen LogP contribution in [0, 0.1) is 5.82 Å². The number of benzene rings is 4. The van der Waals surface area contributed by atoms with Crippen LogP contribution in [-0.4, -0.2) is 46.6 Å². The van der Waals surface area contributed by atoms with Crippen molar-refractivity contribution in [3.05, 3.63) is 149 Å². The molecule has 5 nitrogen and oxygen atoms in total. The highest BCUT2D eigenvalue weighted by molar-refractivity contribution is 6.69. The average molecular weight is 587 g/mol. The Morgan fingerprint density at radius 3 is 1.77 bits per heavy atom. The fraction of sp³-hybridized carbons (Fsp3) is 0.270. The number of carbonyl (C=O) groups excluding carboxylic acids is 1. The quantitative estimate of drug-likeness (QED) is 0.141. The summed E-state index contributed by atoms with van der Waals surface area (Å²) in [5.41, 5.74) is 3.10. The van der Waals surface area contributed by atoms with E-state index >= 15 is 4.39 Å². The molecule has 0 aromatic heterocycles. The van der Waals surface area contributed by atoms with Crippen molar-refractivity contribution in [3.8, 4) is 0 Å². The van der Waals surface area contributed by atoms with Gasteiger partial charge in [-0.1, -0.05) is 103 Å². The molecular formula is C37H36BFN2O3. The van der Waals surface area contributed by atoms with Crippen molar-refractivity contribution < 1.29 is 18.5 Å². The molecule has 0 saturated carbocycles. The van der Waals surface area contributed by atoms with Crippen molar-refractivity contribution in [1.29, 1.82) is 0 Å². The van der Waals surface area contributed by atoms with Gasteiger partial charge < -0.3 is 14.2 Å². The minimum atomic E-state index is -0.807. The molecular weight excluding hydrogens is 550 g/mol. The first-order valence-electron chi connectivity index (χ1n) is 15.2. The van der Waals surface area contributed by atoms with Gasteiger partial charge in [0.2, 0.25) is 5.91 Å². The molecule has 4 aromatic rings. The molecule has 4 aromatic carbocycles. The van der Waals surface area contributed by atoms with E-state index in [1.54, 1.807) is 17.2 Å². The Bertz CT molecular complexity index is 1610. The number of rotatable bonds is 6. The fourth-order valence-corrected chi connectivity index (χ4v) is 6.72. The minimum absolute atomic E-state index is 0.0407. The molecule has 1 unspecified atom stereocenters. The number of hydrogen-bond donors (Lipinski definition) is 0. The van der Waals surface area contributed by atoms with E-state index < -0.39 is 23.9 Å². The number of amides is 1. The van der Waals surface area contributed by atoms with Gasteiger partial charge in [0, 0.05) is 23.8 Å². The topological polar surface area (TPSA) is 41.8 Å². The van der Waals surface area contributed by atoms with Gasteiger partial charge in [-0.25, -0.2) is 4.39 Å². The number of nitrogens with zero attached hydrogens (tertiary/aromatic N) is 2. The molecule has 3 aliphatic rings. The maximum atomic E-state index is 15.4. The van der Waals surface area contributed by atoms with Gasteiger partial charge in [-0.05, 0) is 56.0 Å². The average Bonchev–Trinajstić information content (AvgIpc) is 3.79. The minimum Gasteiger partial charge on any atom is -0.399 e. The first-order valence-corrected chi connectivity index (χ1v) is 15.2. The molecule has 2 atom stereocenters. The van der Waals surface area contributed by atoms with Crippen LogP contribution < -0.4 is 0 Å². The summed E-state index contributed by atoms with van der Waals surface area (Å²) >= 11 is 0. The second-order valence-electron chi connectivity index (χ2n) is 12.9. The van der Waals surface area contributed by atoms with Crippen LogP contribution in [0.2, 0.25) is 0 Å². The van der Waals surface area contributed by atoms with E-state index in [1.807, 2.05) is 88.4 Å². The molecule has 2 saturated heterocycles. The fourth-order valence-electron chi connectivity index (χ4n) is 6.72. The predicted molar refractivity (Wildman–Crippen MR) is 171 cm³/mol. The van der Waals surface area contributed by atoms with Crippen molar-refractivity contribution in [2.45, 2.75) is 57.0 Å². The molecule has 0 aliphatic carbocycles. The third-order valence-electron chi connectivity index (χ3n) is 9.72. The highest BCUT2D eigenvalue weighted by atomic mass is 19.1. The summed E-state index contributed by atoms with van der Waals surface area (Å²) in [6.45, 7) is 8.73. The smallest absolute Gasteiger partial charge is 0.399 e. The second-order valence-corrected chi connectivity index (χ2v) is 12.9. The van der Waals surface area contributed by atoms with E-state index in [0.29, 0.717) is 17.6 Å². The molecule has 44 heavy (non-hydrogen) atoms. The molecule has 0 bridgehead atoms. The van der Waals surface area contributed by atoms with Crippen molar-refractivity contribution in [3.63, 3.8) is 0 Å². The summed E-state index contributed by atoms with van der Waals surface area (Å²) in [6, 6.07) is 35.8. The number of hydrogen-bond acceptors (Lipinski definition) is 4. The van der Waals surface area contributed by atoms with Gasteiger partial charge in [0.05, 0.1) is 23.3 Å². The first-order chi connectivity index (χ1) is 21.1. The van der Waals surface area contributed by atoms with Crippen LogP contribution in [0.1, 0.15) is 55.5 Å². The van der Waals surface area contributed by atoms with Crippen LogP contribution in [0.3, 0.4) is 0 Å². The molecule has 2 fully saturated rings. The van der Waals surface area contributed by atoms with Gasteiger partial charge in [-0.2, -0.15) is 0 Å². The van der Waals surface area contributed by atoms with Gasteiger partial charge in [0.25, 0.3) is 0 Å². The van der Waals surface area contributed by atoms with E-state index in [2.05, 4.69) is 41.3 Å². The molecule has 0 spiro atoms. The molecule has 7 heteroatoms. The lowest BCUT2D eigenvalue weighted by Crippen LogP contribution is -2.42. The normalized spacial score (nSPS) is 21.9. The van der Waals surface area contributed by atoms with E-state index in [4.69, 9.17) is 9.31 Å². The predicted octanol–water partition coefficient (Wildman–Crippen LogP) is 6.82. The lowest BCUT2D eigenvalue weighted by Gasteiger charge is -2.38. The molecule has 3 aliphatic heterocycles. The summed E-state index contributed by atoms with van der Waals surface area (Å²) in [7, 11) is -0.807. The van der Waals surface area contributed by atoms with E-state index in [9.17, 15) is 4.79 Å². The Morgan fingerprint density at radius 1 is 0.773 bits per heavy atom. The van der Waals surface area contributed by atoms with Crippen molar-refractivity contribution in [1.82, 2.24) is 9.80 Å². The standard InChI is InChI=1S/C37H36BFN2O3/c1-35(2)36(3,4)44-38(43-35)30-24-40(23-26-15-14-22-31(39)33(26)30)34(42)32-25-41(32)37(27-16-8-5-9-17-27,28-18-10-6-11-19-28)29-20-12-7-13-21-29/h5-22,24,32H,23,25H2,1-4H3/t32?,41-/m1/s1. The summed E-state index contributed by atoms with van der Waals surface area (Å²) in [4.78, 5) is 18.5. The molecule has 0 N–H and O–H groups in total. The Hall–Kier alpha value is -4.04. The van der Waals surface area contributed by atoms with Crippen molar-refractivity contribution in [2.75, 3.05) is 6.54 Å². The van der Waals surface area contributed by atoms with Crippen LogP contribution in [0.4, 0.5) is 4.39 Å². The van der Waals surface area contributed by atoms with Crippen LogP contribution >= 0.6 is 0 Å². The van der Waals surface area contributed by atoms with Crippen LogP contribution in [0.25, 0.3) is 5.47 Å². The van der Waals surface area contributed by atoms with Crippen LogP contribution in [0.15, 0.2) is 115 Å². The molecule has 3 heterocycles. The van der Waals surface area contributed by atoms with Crippen molar-refractivity contribution in [2.24, 2.45) is 0 Å². The van der Waals surface area contributed by atoms with Gasteiger partial charge in [0.1, 0.15) is 11.9 Å². The lowest BCUT2D eigenvalue weighted by molar-refractivity contribution is -0.129. The first kappa shape index (κ1) is 28.7. The molecule has 222 valence electrons. The zero-order chi connectivity index (χ0) is 30.7. The zero-order valence-corrected chi connectivity index (χ0v) is 25.5. The SMILES string of the molecule is CC1(C)OB(C2=CN(C(=O)C3C[N@@]3C(c3ccccc3)(c3ccccc3)c3ccccc3)Cc3cccc(F)c32)OC1(C)C.